The topological polar surface area (TPSA) is 276 Å². The summed E-state index contributed by atoms with van der Waals surface area (Å²) in [7, 11) is 0. The first-order valence-corrected chi connectivity index (χ1v) is 23.8. The van der Waals surface area contributed by atoms with E-state index < -0.39 is 117 Å². The number of hydrogen-bond donors (Lipinski definition) is 10. The van der Waals surface area contributed by atoms with Crippen molar-refractivity contribution in [2.24, 2.45) is 52.3 Å². The standard InChI is InChI=1S/C45H74O18/c1-18-30-28(63-45(18)11-8-21(15-46)17-56-45)13-25-23-7-6-22-12-27(26(48)14-44(22,5)24(23)9-10-43(25,30)4)59-42-39(62-41-36(54)34(52)32(50)20(3)58-41)37(55)38(29(16-47)60-42)61-40-35(53)33(51)31(49)19(2)57-40/h18-42,46-55H,6-17H2,1-5H3/t18-,19-,20-,21+,22-,23-,24+,25-,26+,27+,28+,29+,30+,31-,32-,33+,34+,35+,36+,37-,38+,39+,40-,41-,42+,43-,44-,45-/m0/s1. The average molecular weight is 903 g/mol. The van der Waals surface area contributed by atoms with Crippen molar-refractivity contribution >= 4 is 0 Å². The summed E-state index contributed by atoms with van der Waals surface area (Å²) in [6, 6.07) is 0. The fourth-order valence-corrected chi connectivity index (χ4v) is 14.7. The fraction of sp³-hybridized carbons (Fsp3) is 1.00. The minimum Gasteiger partial charge on any atom is -0.396 e. The van der Waals surface area contributed by atoms with Crippen LogP contribution in [0.2, 0.25) is 0 Å². The molecule has 0 aromatic heterocycles. The minimum atomic E-state index is -1.76. The lowest BCUT2D eigenvalue weighted by Gasteiger charge is -2.62. The highest BCUT2D eigenvalue weighted by Gasteiger charge is 2.70. The highest BCUT2D eigenvalue weighted by atomic mass is 16.8. The highest BCUT2D eigenvalue weighted by Crippen LogP contribution is 2.71. The van der Waals surface area contributed by atoms with E-state index in [1.165, 1.54) is 13.8 Å². The summed E-state index contributed by atoms with van der Waals surface area (Å²) in [5.74, 6) is 1.78. The van der Waals surface area contributed by atoms with Crippen molar-refractivity contribution in [3.63, 3.8) is 0 Å². The summed E-state index contributed by atoms with van der Waals surface area (Å²) in [4.78, 5) is 0. The fourth-order valence-electron chi connectivity index (χ4n) is 14.7. The molecule has 10 N–H and O–H groups in total. The van der Waals surface area contributed by atoms with E-state index in [9.17, 15) is 51.1 Å². The zero-order chi connectivity index (χ0) is 45.1. The first-order valence-electron chi connectivity index (χ1n) is 23.8. The predicted octanol–water partition coefficient (Wildman–Crippen LogP) is -0.735. The Balaban J connectivity index is 0.909. The van der Waals surface area contributed by atoms with Crippen LogP contribution in [0.4, 0.5) is 0 Å². The Morgan fingerprint density at radius 1 is 0.603 bits per heavy atom. The van der Waals surface area contributed by atoms with Crippen molar-refractivity contribution in [1.29, 1.82) is 0 Å². The van der Waals surface area contributed by atoms with Gasteiger partial charge in [-0.1, -0.05) is 20.8 Å². The van der Waals surface area contributed by atoms with Gasteiger partial charge < -0.3 is 89.0 Å². The Labute approximate surface area is 369 Å². The third-order valence-electron chi connectivity index (χ3n) is 18.4. The molecule has 0 unspecified atom stereocenters. The number of ether oxygens (including phenoxy) is 8. The van der Waals surface area contributed by atoms with Crippen LogP contribution in [0, 0.1) is 52.3 Å². The van der Waals surface area contributed by atoms with E-state index in [1.54, 1.807) is 0 Å². The minimum absolute atomic E-state index is 0.106. The zero-order valence-electron chi connectivity index (χ0n) is 37.2. The highest BCUT2D eigenvalue weighted by molar-refractivity contribution is 5.16. The van der Waals surface area contributed by atoms with Crippen molar-refractivity contribution < 1.29 is 89.0 Å². The van der Waals surface area contributed by atoms with Crippen LogP contribution in [0.1, 0.15) is 92.4 Å². The van der Waals surface area contributed by atoms with Crippen LogP contribution in [0.15, 0.2) is 0 Å². The van der Waals surface area contributed by atoms with Crippen LogP contribution in [0.5, 0.6) is 0 Å². The first-order chi connectivity index (χ1) is 29.8. The molecule has 18 heteroatoms. The second-order valence-corrected chi connectivity index (χ2v) is 21.6. The number of fused-ring (bicyclic) bond motifs is 7. The lowest BCUT2D eigenvalue weighted by molar-refractivity contribution is -0.391. The normalized spacial score (nSPS) is 59.4. The summed E-state index contributed by atoms with van der Waals surface area (Å²) in [6.45, 7) is 10.0. The Morgan fingerprint density at radius 2 is 1.25 bits per heavy atom. The van der Waals surface area contributed by atoms with Gasteiger partial charge in [-0.05, 0) is 106 Å². The maximum atomic E-state index is 12.1. The monoisotopic (exact) mass is 902 g/mol. The summed E-state index contributed by atoms with van der Waals surface area (Å²) >= 11 is 0. The number of hydrogen-bond acceptors (Lipinski definition) is 18. The molecule has 5 aliphatic heterocycles. The molecule has 0 bridgehead atoms. The predicted molar refractivity (Wildman–Crippen MR) is 216 cm³/mol. The van der Waals surface area contributed by atoms with Gasteiger partial charge in [-0.15, -0.1) is 0 Å². The second kappa shape index (κ2) is 17.7. The lowest BCUT2D eigenvalue weighted by Crippen LogP contribution is -2.67. The molecular formula is C45H74O18. The molecule has 28 atom stereocenters. The van der Waals surface area contributed by atoms with Crippen molar-refractivity contribution in [3.8, 4) is 0 Å². The van der Waals surface area contributed by atoms with Crippen LogP contribution in [0.3, 0.4) is 0 Å². The van der Waals surface area contributed by atoms with Crippen LogP contribution < -0.4 is 0 Å². The molecule has 4 saturated carbocycles. The number of aliphatic hydroxyl groups is 10. The SMILES string of the molecule is C[C@@H]1O[C@@H](O[C@H]2[C@H](O[C@@H]3C[C@@H]4CC[C@H]5[C@@H](CC[C@]6(C)[C@H]7[C@@H](C[C@@H]56)O[C@@]5(CC[C@H](CO)CO5)[C@H]7C)[C@@]4(C)C[C@H]3O)O[C@H](CO)[C@@H](O[C@@H]3O[C@@H](C)[C@H](O)[C@@H](O)[C@H]3O)[C@@H]2O)[C@H](O)[C@H](O)[C@H]1O. The summed E-state index contributed by atoms with van der Waals surface area (Å²) in [5.41, 5.74) is -0.0749. The molecule has 5 heterocycles. The Bertz CT molecular complexity index is 1590. The van der Waals surface area contributed by atoms with Gasteiger partial charge in [0.15, 0.2) is 24.7 Å². The van der Waals surface area contributed by atoms with Gasteiger partial charge in [0.25, 0.3) is 0 Å². The van der Waals surface area contributed by atoms with E-state index in [0.717, 1.165) is 44.9 Å². The van der Waals surface area contributed by atoms with E-state index in [4.69, 9.17) is 37.9 Å². The quantitative estimate of drug-likeness (QED) is 0.134. The number of rotatable bonds is 8. The van der Waals surface area contributed by atoms with Gasteiger partial charge in [-0.3, -0.25) is 0 Å². The molecule has 18 nitrogen and oxygen atoms in total. The van der Waals surface area contributed by atoms with Crippen molar-refractivity contribution in [2.75, 3.05) is 19.8 Å². The average Bonchev–Trinajstić information content (AvgIpc) is 3.71. The van der Waals surface area contributed by atoms with Gasteiger partial charge in [-0.2, -0.15) is 0 Å². The summed E-state index contributed by atoms with van der Waals surface area (Å²) in [5, 5.41) is 108. The molecular weight excluding hydrogens is 828 g/mol. The molecule has 4 aliphatic carbocycles. The molecule has 5 saturated heterocycles. The van der Waals surface area contributed by atoms with Gasteiger partial charge in [0.05, 0.1) is 43.7 Å². The Morgan fingerprint density at radius 3 is 1.86 bits per heavy atom. The molecule has 0 amide bonds. The van der Waals surface area contributed by atoms with Crippen molar-refractivity contribution in [2.45, 2.75) is 209 Å². The smallest absolute Gasteiger partial charge is 0.187 e. The molecule has 0 aromatic rings. The zero-order valence-corrected chi connectivity index (χ0v) is 37.2. The van der Waals surface area contributed by atoms with E-state index >= 15 is 0 Å². The van der Waals surface area contributed by atoms with Crippen LogP contribution in [0.25, 0.3) is 0 Å². The summed E-state index contributed by atoms with van der Waals surface area (Å²) < 4.78 is 49.8. The van der Waals surface area contributed by atoms with Gasteiger partial charge in [0.1, 0.15) is 61.0 Å². The van der Waals surface area contributed by atoms with Crippen LogP contribution >= 0.6 is 0 Å². The van der Waals surface area contributed by atoms with E-state index in [0.29, 0.717) is 43.1 Å². The maximum absolute atomic E-state index is 12.1. The van der Waals surface area contributed by atoms with Gasteiger partial charge in [-0.25, -0.2) is 0 Å². The van der Waals surface area contributed by atoms with Crippen LogP contribution in [-0.2, 0) is 37.9 Å². The molecule has 9 rings (SSSR count). The lowest BCUT2D eigenvalue weighted by atomic mass is 9.44. The van der Waals surface area contributed by atoms with Crippen molar-refractivity contribution in [1.82, 2.24) is 0 Å². The first kappa shape index (κ1) is 47.4. The molecule has 9 aliphatic rings. The van der Waals surface area contributed by atoms with Gasteiger partial charge in [0, 0.05) is 24.9 Å². The Hall–Kier alpha value is -0.720. The van der Waals surface area contributed by atoms with E-state index in [-0.39, 0.29) is 41.3 Å². The summed E-state index contributed by atoms with van der Waals surface area (Å²) in [6.07, 6.45) is -16.2. The van der Waals surface area contributed by atoms with Gasteiger partial charge in [0.2, 0.25) is 0 Å². The largest absolute Gasteiger partial charge is 0.396 e. The van der Waals surface area contributed by atoms with E-state index in [1.807, 2.05) is 0 Å². The number of aliphatic hydroxyl groups excluding tert-OH is 10. The molecule has 1 spiro atoms. The van der Waals surface area contributed by atoms with Crippen molar-refractivity contribution in [3.05, 3.63) is 0 Å². The Kier molecular flexibility index (Phi) is 13.3. The molecule has 63 heavy (non-hydrogen) atoms. The molecule has 9 fully saturated rings. The van der Waals surface area contributed by atoms with Crippen LogP contribution in [-0.4, -0.2) is 187 Å². The third-order valence-corrected chi connectivity index (χ3v) is 18.4. The molecule has 0 radical (unpaired) electrons. The molecule has 0 aromatic carbocycles. The third kappa shape index (κ3) is 7.79. The second-order valence-electron chi connectivity index (χ2n) is 21.6. The maximum Gasteiger partial charge on any atom is 0.187 e. The molecule has 362 valence electrons. The van der Waals surface area contributed by atoms with E-state index in [2.05, 4.69) is 20.8 Å². The van der Waals surface area contributed by atoms with Gasteiger partial charge >= 0.3 is 0 Å².